The number of nitrogens with two attached hydrogens (primary N) is 1. The third-order valence-electron chi connectivity index (χ3n) is 2.87. The number of hydrogen-bond donors (Lipinski definition) is 2. The zero-order valence-corrected chi connectivity index (χ0v) is 10.9. The highest BCUT2D eigenvalue weighted by Gasteiger charge is 2.20. The molecule has 0 bridgehead atoms. The van der Waals surface area contributed by atoms with Gasteiger partial charge in [-0.15, -0.1) is 0 Å². The van der Waals surface area contributed by atoms with Crippen molar-refractivity contribution in [2.45, 2.75) is 38.6 Å². The van der Waals surface area contributed by atoms with Crippen molar-refractivity contribution in [2.75, 3.05) is 6.54 Å². The summed E-state index contributed by atoms with van der Waals surface area (Å²) in [5.41, 5.74) is 6.28. The van der Waals surface area contributed by atoms with Gasteiger partial charge in [0.15, 0.2) is 0 Å². The second kappa shape index (κ2) is 5.82. The molecule has 0 radical (unpaired) electrons. The fourth-order valence-corrected chi connectivity index (χ4v) is 1.83. The van der Waals surface area contributed by atoms with Gasteiger partial charge in [-0.3, -0.25) is 4.79 Å². The standard InChI is InChI=1S/C14H22N2O/c1-11(12-7-5-4-6-8-12)10-16-14(2,3)9-13(15)17/h4-8,11,16H,9-10H2,1-3H3,(H2,15,17). The van der Waals surface area contributed by atoms with Crippen molar-refractivity contribution in [2.24, 2.45) is 5.73 Å². The van der Waals surface area contributed by atoms with Crippen LogP contribution in [-0.2, 0) is 4.79 Å². The van der Waals surface area contributed by atoms with Crippen LogP contribution in [0.1, 0.15) is 38.7 Å². The van der Waals surface area contributed by atoms with E-state index in [1.165, 1.54) is 5.56 Å². The largest absolute Gasteiger partial charge is 0.370 e. The van der Waals surface area contributed by atoms with Crippen molar-refractivity contribution in [3.05, 3.63) is 35.9 Å². The normalized spacial score (nSPS) is 13.4. The van der Waals surface area contributed by atoms with Gasteiger partial charge in [-0.1, -0.05) is 37.3 Å². The smallest absolute Gasteiger partial charge is 0.219 e. The van der Waals surface area contributed by atoms with Crippen LogP contribution < -0.4 is 11.1 Å². The summed E-state index contributed by atoms with van der Waals surface area (Å²) in [5.74, 6) is 0.151. The summed E-state index contributed by atoms with van der Waals surface area (Å²) >= 11 is 0. The van der Waals surface area contributed by atoms with Crippen LogP contribution >= 0.6 is 0 Å². The molecule has 1 atom stereocenters. The third kappa shape index (κ3) is 5.00. The maximum atomic E-state index is 10.9. The number of nitrogens with one attached hydrogen (secondary N) is 1. The molecule has 1 aromatic carbocycles. The van der Waals surface area contributed by atoms with E-state index in [1.54, 1.807) is 0 Å². The van der Waals surface area contributed by atoms with Gasteiger partial charge < -0.3 is 11.1 Å². The monoisotopic (exact) mass is 234 g/mol. The van der Waals surface area contributed by atoms with Crippen molar-refractivity contribution in [3.63, 3.8) is 0 Å². The number of amides is 1. The molecule has 0 saturated heterocycles. The van der Waals surface area contributed by atoms with Crippen LogP contribution in [0.25, 0.3) is 0 Å². The van der Waals surface area contributed by atoms with Crippen LogP contribution in [0.2, 0.25) is 0 Å². The zero-order chi connectivity index (χ0) is 12.9. The molecule has 1 rings (SSSR count). The molecule has 0 fully saturated rings. The van der Waals surface area contributed by atoms with Crippen LogP contribution in [0.15, 0.2) is 30.3 Å². The Bertz CT molecular complexity index is 360. The first kappa shape index (κ1) is 13.7. The van der Waals surface area contributed by atoms with Crippen molar-refractivity contribution in [3.8, 4) is 0 Å². The Morgan fingerprint density at radius 3 is 2.47 bits per heavy atom. The summed E-state index contributed by atoms with van der Waals surface area (Å²) in [6.07, 6.45) is 0.356. The molecule has 3 nitrogen and oxygen atoms in total. The van der Waals surface area contributed by atoms with Crippen LogP contribution in [0.3, 0.4) is 0 Å². The summed E-state index contributed by atoms with van der Waals surface area (Å²) in [5, 5.41) is 3.39. The van der Waals surface area contributed by atoms with Gasteiger partial charge in [0.1, 0.15) is 0 Å². The van der Waals surface area contributed by atoms with E-state index in [9.17, 15) is 4.79 Å². The van der Waals surface area contributed by atoms with Crippen molar-refractivity contribution in [1.29, 1.82) is 0 Å². The summed E-state index contributed by atoms with van der Waals surface area (Å²) in [7, 11) is 0. The van der Waals surface area contributed by atoms with E-state index >= 15 is 0 Å². The molecule has 3 heteroatoms. The van der Waals surface area contributed by atoms with Crippen LogP contribution in [0.5, 0.6) is 0 Å². The Balaban J connectivity index is 2.48. The highest BCUT2D eigenvalue weighted by Crippen LogP contribution is 2.15. The van der Waals surface area contributed by atoms with Crippen molar-refractivity contribution in [1.82, 2.24) is 5.32 Å². The van der Waals surface area contributed by atoms with E-state index in [0.717, 1.165) is 6.54 Å². The molecular formula is C14H22N2O. The van der Waals surface area contributed by atoms with Crippen LogP contribution in [0, 0.1) is 0 Å². The quantitative estimate of drug-likeness (QED) is 0.791. The van der Waals surface area contributed by atoms with E-state index in [1.807, 2.05) is 32.0 Å². The van der Waals surface area contributed by atoms with E-state index < -0.39 is 0 Å². The van der Waals surface area contributed by atoms with Crippen molar-refractivity contribution >= 4 is 5.91 Å². The molecule has 1 aromatic rings. The number of carbonyl (C=O) groups is 1. The predicted octanol–water partition coefficient (Wildman–Crippen LogP) is 2.03. The Kier molecular flexibility index (Phi) is 4.70. The summed E-state index contributed by atoms with van der Waals surface area (Å²) < 4.78 is 0. The van der Waals surface area contributed by atoms with Gasteiger partial charge in [-0.2, -0.15) is 0 Å². The predicted molar refractivity (Wildman–Crippen MR) is 70.8 cm³/mol. The average molecular weight is 234 g/mol. The van der Waals surface area contributed by atoms with Gasteiger partial charge in [0, 0.05) is 18.5 Å². The lowest BCUT2D eigenvalue weighted by atomic mass is 9.96. The lowest BCUT2D eigenvalue weighted by molar-refractivity contribution is -0.119. The highest BCUT2D eigenvalue weighted by atomic mass is 16.1. The van der Waals surface area contributed by atoms with E-state index in [4.69, 9.17) is 5.73 Å². The molecule has 3 N–H and O–H groups in total. The molecule has 1 unspecified atom stereocenters. The number of benzene rings is 1. The highest BCUT2D eigenvalue weighted by molar-refractivity contribution is 5.74. The molecule has 94 valence electrons. The Hall–Kier alpha value is -1.35. The van der Waals surface area contributed by atoms with Gasteiger partial charge in [-0.05, 0) is 25.3 Å². The Morgan fingerprint density at radius 2 is 1.94 bits per heavy atom. The van der Waals surface area contributed by atoms with Gasteiger partial charge in [0.05, 0.1) is 0 Å². The molecule has 0 aliphatic rings. The minimum Gasteiger partial charge on any atom is -0.370 e. The van der Waals surface area contributed by atoms with Crippen molar-refractivity contribution < 1.29 is 4.79 Å². The van der Waals surface area contributed by atoms with E-state index in [0.29, 0.717) is 12.3 Å². The molecule has 17 heavy (non-hydrogen) atoms. The lowest BCUT2D eigenvalue weighted by Crippen LogP contribution is -2.44. The Labute approximate surface area is 103 Å². The Morgan fingerprint density at radius 1 is 1.35 bits per heavy atom. The number of carbonyl (C=O) groups excluding carboxylic acids is 1. The van der Waals surface area contributed by atoms with Gasteiger partial charge in [0.25, 0.3) is 0 Å². The first-order chi connectivity index (χ1) is 7.91. The van der Waals surface area contributed by atoms with Crippen LogP contribution in [-0.4, -0.2) is 18.0 Å². The molecule has 0 heterocycles. The summed E-state index contributed by atoms with van der Waals surface area (Å²) in [6, 6.07) is 10.3. The second-order valence-corrected chi connectivity index (χ2v) is 5.22. The molecule has 1 amide bonds. The summed E-state index contributed by atoms with van der Waals surface area (Å²) in [4.78, 5) is 10.9. The third-order valence-corrected chi connectivity index (χ3v) is 2.87. The second-order valence-electron chi connectivity index (χ2n) is 5.22. The van der Waals surface area contributed by atoms with E-state index in [2.05, 4.69) is 24.4 Å². The van der Waals surface area contributed by atoms with Crippen LogP contribution in [0.4, 0.5) is 0 Å². The maximum Gasteiger partial charge on any atom is 0.219 e. The molecule has 0 aliphatic carbocycles. The number of rotatable bonds is 6. The number of primary amides is 1. The van der Waals surface area contributed by atoms with Gasteiger partial charge >= 0.3 is 0 Å². The fourth-order valence-electron chi connectivity index (χ4n) is 1.83. The van der Waals surface area contributed by atoms with E-state index in [-0.39, 0.29) is 11.4 Å². The average Bonchev–Trinajstić information content (AvgIpc) is 2.25. The maximum absolute atomic E-state index is 10.9. The van der Waals surface area contributed by atoms with Gasteiger partial charge in [-0.25, -0.2) is 0 Å². The summed E-state index contributed by atoms with van der Waals surface area (Å²) in [6.45, 7) is 7.00. The molecule has 0 spiro atoms. The minimum absolute atomic E-state index is 0.241. The zero-order valence-electron chi connectivity index (χ0n) is 10.9. The first-order valence-corrected chi connectivity index (χ1v) is 5.99. The first-order valence-electron chi connectivity index (χ1n) is 5.99. The molecule has 0 saturated carbocycles. The molecule has 0 aromatic heterocycles. The number of hydrogen-bond acceptors (Lipinski definition) is 2. The van der Waals surface area contributed by atoms with Gasteiger partial charge in [0.2, 0.25) is 5.91 Å². The SMILES string of the molecule is CC(CNC(C)(C)CC(N)=O)c1ccccc1. The fraction of sp³-hybridized carbons (Fsp3) is 0.500. The molecular weight excluding hydrogens is 212 g/mol. The lowest BCUT2D eigenvalue weighted by Gasteiger charge is -2.27. The minimum atomic E-state index is -0.269. The topological polar surface area (TPSA) is 55.1 Å². The molecule has 0 aliphatic heterocycles.